The summed E-state index contributed by atoms with van der Waals surface area (Å²) in [5.74, 6) is 1.64. The van der Waals surface area contributed by atoms with Crippen LogP contribution in [0, 0.1) is 0 Å². The van der Waals surface area contributed by atoms with Crippen LogP contribution in [0.15, 0.2) is 6.07 Å². The molecule has 0 saturated carbocycles. The van der Waals surface area contributed by atoms with Crippen molar-refractivity contribution in [3.63, 3.8) is 0 Å². The minimum Gasteiger partial charge on any atom is -0.221 e. The molecule has 0 bridgehead atoms. The maximum absolute atomic E-state index is 6.11. The van der Waals surface area contributed by atoms with E-state index in [1.165, 1.54) is 4.88 Å². The van der Waals surface area contributed by atoms with E-state index < -0.39 is 0 Å². The number of rotatable bonds is 3. The molecule has 2 nitrogen and oxygen atoms in total. The normalized spacial score (nSPS) is 11.1. The van der Waals surface area contributed by atoms with Gasteiger partial charge in [0.15, 0.2) is 0 Å². The van der Waals surface area contributed by atoms with E-state index in [-0.39, 0.29) is 0 Å². The lowest BCUT2D eigenvalue weighted by Gasteiger charge is -1.98. The molecular weight excluding hydrogens is 248 g/mol. The number of hydrogen-bond donors (Lipinski definition) is 0. The fourth-order valence-electron chi connectivity index (χ4n) is 1.35. The molecule has 0 aromatic carbocycles. The maximum Gasteiger partial charge on any atom is 0.141 e. The van der Waals surface area contributed by atoms with E-state index in [1.54, 1.807) is 23.1 Å². The molecule has 0 N–H and O–H groups in total. The molecule has 0 saturated heterocycles. The van der Waals surface area contributed by atoms with Crippen LogP contribution in [0.4, 0.5) is 0 Å². The van der Waals surface area contributed by atoms with Crippen molar-refractivity contribution >= 4 is 44.9 Å². The summed E-state index contributed by atoms with van der Waals surface area (Å²) in [6, 6.07) is 2.09. The van der Waals surface area contributed by atoms with Crippen molar-refractivity contribution in [1.82, 2.24) is 9.97 Å². The molecule has 0 atom stereocenters. The third-order valence-corrected chi connectivity index (χ3v) is 4.07. The van der Waals surface area contributed by atoms with Gasteiger partial charge in [-0.1, -0.05) is 18.5 Å². The summed E-state index contributed by atoms with van der Waals surface area (Å²) in [4.78, 5) is 11.1. The Morgan fingerprint density at radius 3 is 2.93 bits per heavy atom. The Labute approximate surface area is 102 Å². The molecule has 2 heterocycles. The van der Waals surface area contributed by atoms with Gasteiger partial charge in [0.25, 0.3) is 0 Å². The monoisotopic (exact) mass is 258 g/mol. The van der Waals surface area contributed by atoms with E-state index in [0.29, 0.717) is 5.15 Å². The largest absolute Gasteiger partial charge is 0.221 e. The summed E-state index contributed by atoms with van der Waals surface area (Å²) in [6.07, 6.45) is 3.06. The fourth-order valence-corrected chi connectivity index (χ4v) is 3.02. The molecule has 0 aliphatic heterocycles. The maximum atomic E-state index is 6.11. The average Bonchev–Trinajstić information content (AvgIpc) is 2.62. The van der Waals surface area contributed by atoms with Gasteiger partial charge in [-0.3, -0.25) is 0 Å². The quantitative estimate of drug-likeness (QED) is 0.784. The third kappa shape index (κ3) is 2.27. The Morgan fingerprint density at radius 1 is 1.47 bits per heavy atom. The van der Waals surface area contributed by atoms with Gasteiger partial charge in [-0.05, 0) is 18.7 Å². The van der Waals surface area contributed by atoms with Crippen molar-refractivity contribution in [3.8, 4) is 0 Å². The highest BCUT2D eigenvalue weighted by molar-refractivity contribution is 7.97. The van der Waals surface area contributed by atoms with Crippen LogP contribution in [0.2, 0.25) is 5.15 Å². The van der Waals surface area contributed by atoms with E-state index in [4.69, 9.17) is 11.6 Å². The van der Waals surface area contributed by atoms with Crippen molar-refractivity contribution in [2.75, 3.05) is 6.26 Å². The van der Waals surface area contributed by atoms with E-state index in [2.05, 4.69) is 23.0 Å². The topological polar surface area (TPSA) is 25.8 Å². The van der Waals surface area contributed by atoms with Crippen LogP contribution in [-0.4, -0.2) is 16.2 Å². The second-order valence-corrected chi connectivity index (χ2v) is 5.49. The molecule has 0 aliphatic rings. The SMILES string of the molecule is CCc1cc2c(Cl)nc(CSC)nc2s1. The number of aryl methyl sites for hydroxylation is 1. The standard InChI is InChI=1S/C10H11ClN2S2/c1-3-6-4-7-9(11)12-8(5-14-2)13-10(7)15-6/h4H,3,5H2,1-2H3. The summed E-state index contributed by atoms with van der Waals surface area (Å²) < 4.78 is 0. The number of hydrogen-bond acceptors (Lipinski definition) is 4. The van der Waals surface area contributed by atoms with Crippen LogP contribution >= 0.6 is 34.7 Å². The predicted octanol–water partition coefficient (Wildman–Crippen LogP) is 3.77. The first-order chi connectivity index (χ1) is 7.24. The lowest BCUT2D eigenvalue weighted by molar-refractivity contribution is 1.08. The first kappa shape index (κ1) is 11.2. The summed E-state index contributed by atoms with van der Waals surface area (Å²) >= 11 is 9.53. The highest BCUT2D eigenvalue weighted by Crippen LogP contribution is 2.29. The highest BCUT2D eigenvalue weighted by Gasteiger charge is 2.09. The molecule has 5 heteroatoms. The van der Waals surface area contributed by atoms with Crippen LogP contribution in [0.3, 0.4) is 0 Å². The molecule has 0 radical (unpaired) electrons. The Bertz CT molecular complexity index is 481. The van der Waals surface area contributed by atoms with Crippen molar-refractivity contribution in [2.24, 2.45) is 0 Å². The number of nitrogens with zero attached hydrogens (tertiary/aromatic N) is 2. The zero-order chi connectivity index (χ0) is 10.8. The Hall–Kier alpha value is -0.320. The number of fused-ring (bicyclic) bond motifs is 1. The molecule has 0 fully saturated rings. The molecule has 0 spiro atoms. The third-order valence-electron chi connectivity index (χ3n) is 2.07. The second-order valence-electron chi connectivity index (χ2n) is 3.15. The smallest absolute Gasteiger partial charge is 0.141 e. The van der Waals surface area contributed by atoms with Crippen molar-refractivity contribution in [2.45, 2.75) is 19.1 Å². The molecule has 0 aliphatic carbocycles. The molecule has 80 valence electrons. The first-order valence-corrected chi connectivity index (χ1v) is 7.27. The molecule has 2 aromatic heterocycles. The van der Waals surface area contributed by atoms with Crippen molar-refractivity contribution in [3.05, 3.63) is 21.9 Å². The summed E-state index contributed by atoms with van der Waals surface area (Å²) in [6.45, 7) is 2.13. The Balaban J connectivity index is 2.54. The molecule has 15 heavy (non-hydrogen) atoms. The zero-order valence-corrected chi connectivity index (χ0v) is 11.0. The minimum atomic E-state index is 0.583. The molecule has 0 amide bonds. The predicted molar refractivity (Wildman–Crippen MR) is 69.0 cm³/mol. The zero-order valence-electron chi connectivity index (χ0n) is 8.58. The number of thiophene rings is 1. The number of halogens is 1. The van der Waals surface area contributed by atoms with Crippen molar-refractivity contribution in [1.29, 1.82) is 0 Å². The van der Waals surface area contributed by atoms with Crippen molar-refractivity contribution < 1.29 is 0 Å². The highest BCUT2D eigenvalue weighted by atomic mass is 35.5. The van der Waals surface area contributed by atoms with Gasteiger partial charge in [-0.15, -0.1) is 11.3 Å². The van der Waals surface area contributed by atoms with Crippen LogP contribution in [0.5, 0.6) is 0 Å². The van der Waals surface area contributed by atoms with Gasteiger partial charge < -0.3 is 0 Å². The van der Waals surface area contributed by atoms with Gasteiger partial charge in [0, 0.05) is 10.3 Å². The van der Waals surface area contributed by atoms with Gasteiger partial charge in [-0.2, -0.15) is 11.8 Å². The summed E-state index contributed by atoms with van der Waals surface area (Å²) in [7, 11) is 0. The fraction of sp³-hybridized carbons (Fsp3) is 0.400. The molecule has 2 rings (SSSR count). The van der Waals surface area contributed by atoms with Crippen LogP contribution in [0.1, 0.15) is 17.6 Å². The van der Waals surface area contributed by atoms with Gasteiger partial charge in [0.05, 0.1) is 5.75 Å². The molecule has 2 aromatic rings. The second kappa shape index (κ2) is 4.68. The minimum absolute atomic E-state index is 0.583. The van der Waals surface area contributed by atoms with Gasteiger partial charge >= 0.3 is 0 Å². The summed E-state index contributed by atoms with van der Waals surface area (Å²) in [5.41, 5.74) is 0. The lowest BCUT2D eigenvalue weighted by Crippen LogP contribution is -1.91. The lowest BCUT2D eigenvalue weighted by atomic mass is 10.3. The Kier molecular flexibility index (Phi) is 3.49. The number of thioether (sulfide) groups is 1. The first-order valence-electron chi connectivity index (χ1n) is 4.68. The molecular formula is C10H11ClN2S2. The van der Waals surface area contributed by atoms with E-state index in [9.17, 15) is 0 Å². The average molecular weight is 259 g/mol. The van der Waals surface area contributed by atoms with Gasteiger partial charge in [0.1, 0.15) is 15.8 Å². The Morgan fingerprint density at radius 2 is 2.27 bits per heavy atom. The van der Waals surface area contributed by atoms with Crippen LogP contribution in [-0.2, 0) is 12.2 Å². The molecule has 0 unspecified atom stereocenters. The van der Waals surface area contributed by atoms with Crippen LogP contribution in [0.25, 0.3) is 10.2 Å². The van der Waals surface area contributed by atoms with E-state index in [0.717, 1.165) is 28.2 Å². The van der Waals surface area contributed by atoms with E-state index >= 15 is 0 Å². The number of aromatic nitrogens is 2. The van der Waals surface area contributed by atoms with E-state index in [1.807, 2.05) is 6.26 Å². The van der Waals surface area contributed by atoms with Gasteiger partial charge in [-0.25, -0.2) is 9.97 Å². The summed E-state index contributed by atoms with van der Waals surface area (Å²) in [5, 5.41) is 1.57. The van der Waals surface area contributed by atoms with Crippen LogP contribution < -0.4 is 0 Å². The van der Waals surface area contributed by atoms with Gasteiger partial charge in [0.2, 0.25) is 0 Å².